The highest BCUT2D eigenvalue weighted by Gasteiger charge is 2.22. The van der Waals surface area contributed by atoms with Gasteiger partial charge in [0.2, 0.25) is 0 Å². The number of hydrogen-bond donors (Lipinski definition) is 1. The van der Waals surface area contributed by atoms with Gasteiger partial charge >= 0.3 is 0 Å². The van der Waals surface area contributed by atoms with E-state index >= 15 is 0 Å². The van der Waals surface area contributed by atoms with Crippen LogP contribution in [0.3, 0.4) is 0 Å². The molecule has 0 saturated carbocycles. The van der Waals surface area contributed by atoms with Crippen molar-refractivity contribution in [3.05, 3.63) is 47.8 Å². The lowest BCUT2D eigenvalue weighted by atomic mass is 10.1. The van der Waals surface area contributed by atoms with Crippen LogP contribution < -0.4 is 5.32 Å². The van der Waals surface area contributed by atoms with Gasteiger partial charge in [0.25, 0.3) is 5.91 Å². The van der Waals surface area contributed by atoms with Gasteiger partial charge in [0.1, 0.15) is 11.5 Å². The molecule has 3 aromatic heterocycles. The number of thiazole rings is 1. The molecule has 3 aromatic rings. The highest BCUT2D eigenvalue weighted by Crippen LogP contribution is 2.20. The number of carbonyl (C=O) groups is 1. The molecule has 1 amide bonds. The number of nitrogens with one attached hydrogen (secondary N) is 1. The summed E-state index contributed by atoms with van der Waals surface area (Å²) in [6.45, 7) is 0.750. The summed E-state index contributed by atoms with van der Waals surface area (Å²) in [5.74, 6) is 1.46. The number of hydrogen-bond acceptors (Lipinski definition) is 6. The maximum absolute atomic E-state index is 12.4. The number of carbonyl (C=O) groups excluding carboxylic acids is 1. The third kappa shape index (κ3) is 2.85. The molecule has 0 radical (unpaired) electrons. The van der Waals surface area contributed by atoms with Crippen LogP contribution in [0, 0.1) is 0 Å². The van der Waals surface area contributed by atoms with Crippen molar-refractivity contribution in [2.45, 2.75) is 25.4 Å². The summed E-state index contributed by atoms with van der Waals surface area (Å²) >= 11 is 1.37. The number of fused-ring (bicyclic) bond motifs is 1. The van der Waals surface area contributed by atoms with E-state index in [4.69, 9.17) is 0 Å². The van der Waals surface area contributed by atoms with Crippen molar-refractivity contribution < 1.29 is 4.79 Å². The molecule has 1 N–H and O–H groups in total. The first-order valence-corrected chi connectivity index (χ1v) is 8.21. The third-order valence-electron chi connectivity index (χ3n) is 3.76. The van der Waals surface area contributed by atoms with Crippen molar-refractivity contribution in [1.82, 2.24) is 29.8 Å². The van der Waals surface area contributed by atoms with Crippen molar-refractivity contribution in [2.75, 3.05) is 0 Å². The number of nitrogens with zero attached hydrogens (tertiary/aromatic N) is 5. The minimum absolute atomic E-state index is 0.0994. The zero-order valence-electron chi connectivity index (χ0n) is 12.2. The Morgan fingerprint density at radius 1 is 1.26 bits per heavy atom. The summed E-state index contributed by atoms with van der Waals surface area (Å²) < 4.78 is 2.08. The summed E-state index contributed by atoms with van der Waals surface area (Å²) in [5, 5.41) is 5.44. The van der Waals surface area contributed by atoms with Gasteiger partial charge in [0.15, 0.2) is 10.8 Å². The van der Waals surface area contributed by atoms with E-state index in [1.54, 1.807) is 30.0 Å². The average Bonchev–Trinajstić information content (AvgIpc) is 3.24. The van der Waals surface area contributed by atoms with Gasteiger partial charge in [0, 0.05) is 49.2 Å². The largest absolute Gasteiger partial charge is 0.346 e. The molecular weight excluding hydrogens is 312 g/mol. The molecule has 116 valence electrons. The zero-order chi connectivity index (χ0) is 15.6. The zero-order valence-corrected chi connectivity index (χ0v) is 13.0. The third-order valence-corrected chi connectivity index (χ3v) is 4.60. The average molecular weight is 326 g/mol. The second-order valence-corrected chi connectivity index (χ2v) is 6.17. The normalized spacial score (nSPS) is 16.8. The van der Waals surface area contributed by atoms with Crippen LogP contribution in [0.4, 0.5) is 0 Å². The number of rotatable bonds is 3. The second kappa shape index (κ2) is 5.88. The molecule has 0 unspecified atom stereocenters. The van der Waals surface area contributed by atoms with Gasteiger partial charge in [-0.1, -0.05) is 0 Å². The van der Waals surface area contributed by atoms with Crippen LogP contribution in [0.5, 0.6) is 0 Å². The van der Waals surface area contributed by atoms with Gasteiger partial charge in [-0.2, -0.15) is 0 Å². The SMILES string of the molecule is O=C(N[C@@H]1CCc2nccn2C1)c1csc(-c2ncccn2)n1. The molecule has 23 heavy (non-hydrogen) atoms. The first-order valence-electron chi connectivity index (χ1n) is 7.33. The smallest absolute Gasteiger partial charge is 0.271 e. The lowest BCUT2D eigenvalue weighted by Gasteiger charge is -2.24. The first-order chi connectivity index (χ1) is 11.3. The van der Waals surface area contributed by atoms with Crippen LogP contribution >= 0.6 is 11.3 Å². The Hall–Kier alpha value is -2.61. The van der Waals surface area contributed by atoms with Crippen LogP contribution in [-0.4, -0.2) is 36.5 Å². The molecule has 0 aliphatic carbocycles. The van der Waals surface area contributed by atoms with Crippen LogP contribution in [0.25, 0.3) is 10.8 Å². The van der Waals surface area contributed by atoms with Crippen molar-refractivity contribution in [2.24, 2.45) is 0 Å². The van der Waals surface area contributed by atoms with Crippen LogP contribution in [0.2, 0.25) is 0 Å². The monoisotopic (exact) mass is 326 g/mol. The van der Waals surface area contributed by atoms with Gasteiger partial charge in [-0.05, 0) is 12.5 Å². The molecule has 7 nitrogen and oxygen atoms in total. The van der Waals surface area contributed by atoms with E-state index in [9.17, 15) is 4.79 Å². The van der Waals surface area contributed by atoms with Gasteiger partial charge in [0.05, 0.1) is 0 Å². The molecule has 0 saturated heterocycles. The summed E-state index contributed by atoms with van der Waals surface area (Å²) in [6, 6.07) is 1.85. The predicted molar refractivity (Wildman–Crippen MR) is 84.9 cm³/mol. The molecule has 1 atom stereocenters. The molecule has 1 aliphatic rings. The maximum Gasteiger partial charge on any atom is 0.271 e. The summed E-state index contributed by atoms with van der Waals surface area (Å²) in [7, 11) is 0. The fraction of sp³-hybridized carbons (Fsp3) is 0.267. The summed E-state index contributed by atoms with van der Waals surface area (Å²) in [6.07, 6.45) is 8.83. The Kier molecular flexibility index (Phi) is 3.58. The van der Waals surface area contributed by atoms with Crippen molar-refractivity contribution >= 4 is 17.2 Å². The van der Waals surface area contributed by atoms with E-state index in [0.717, 1.165) is 25.2 Å². The fourth-order valence-electron chi connectivity index (χ4n) is 2.63. The quantitative estimate of drug-likeness (QED) is 0.789. The topological polar surface area (TPSA) is 85.6 Å². The summed E-state index contributed by atoms with van der Waals surface area (Å²) in [5.41, 5.74) is 0.411. The molecule has 0 aromatic carbocycles. The van der Waals surface area contributed by atoms with Gasteiger partial charge < -0.3 is 9.88 Å². The van der Waals surface area contributed by atoms with E-state index in [0.29, 0.717) is 16.5 Å². The minimum Gasteiger partial charge on any atom is -0.346 e. The number of amides is 1. The minimum atomic E-state index is -0.156. The van der Waals surface area contributed by atoms with Gasteiger partial charge in [-0.25, -0.2) is 19.9 Å². The molecule has 4 heterocycles. The molecule has 4 rings (SSSR count). The standard InChI is InChI=1S/C15H14N6OS/c22-14(19-10-2-3-12-16-6-7-21(12)8-10)11-9-23-15(20-11)13-17-4-1-5-18-13/h1,4-7,9-10H,2-3,8H2,(H,19,22)/t10-/m1/s1. The molecular formula is C15H14N6OS. The number of aryl methyl sites for hydroxylation is 1. The van der Waals surface area contributed by atoms with E-state index in [2.05, 4.69) is 29.8 Å². The highest BCUT2D eigenvalue weighted by molar-refractivity contribution is 7.13. The Morgan fingerprint density at radius 3 is 3.00 bits per heavy atom. The van der Waals surface area contributed by atoms with Crippen molar-refractivity contribution in [1.29, 1.82) is 0 Å². The van der Waals surface area contributed by atoms with Crippen molar-refractivity contribution in [3.63, 3.8) is 0 Å². The van der Waals surface area contributed by atoms with E-state index in [1.807, 2.05) is 6.20 Å². The maximum atomic E-state index is 12.4. The van der Waals surface area contributed by atoms with Gasteiger partial charge in [-0.15, -0.1) is 11.3 Å². The number of aromatic nitrogens is 5. The Labute approximate surface area is 136 Å². The molecule has 0 fully saturated rings. The Balaban J connectivity index is 1.45. The van der Waals surface area contributed by atoms with E-state index < -0.39 is 0 Å². The first kappa shape index (κ1) is 14.0. The van der Waals surface area contributed by atoms with Crippen LogP contribution in [0.1, 0.15) is 22.7 Å². The Bertz CT molecular complexity index is 827. The fourth-order valence-corrected chi connectivity index (χ4v) is 3.38. The lowest BCUT2D eigenvalue weighted by molar-refractivity contribution is 0.0923. The summed E-state index contributed by atoms with van der Waals surface area (Å²) in [4.78, 5) is 29.3. The highest BCUT2D eigenvalue weighted by atomic mass is 32.1. The second-order valence-electron chi connectivity index (χ2n) is 5.32. The Morgan fingerprint density at radius 2 is 2.13 bits per heavy atom. The molecule has 1 aliphatic heterocycles. The predicted octanol–water partition coefficient (Wildman–Crippen LogP) is 1.54. The lowest BCUT2D eigenvalue weighted by Crippen LogP contribution is -2.41. The van der Waals surface area contributed by atoms with E-state index in [-0.39, 0.29) is 11.9 Å². The van der Waals surface area contributed by atoms with Crippen LogP contribution in [-0.2, 0) is 13.0 Å². The molecule has 0 bridgehead atoms. The van der Waals surface area contributed by atoms with Crippen LogP contribution in [0.15, 0.2) is 36.2 Å². The number of imidazole rings is 1. The van der Waals surface area contributed by atoms with E-state index in [1.165, 1.54) is 11.3 Å². The van der Waals surface area contributed by atoms with Gasteiger partial charge in [-0.3, -0.25) is 4.79 Å². The molecule has 8 heteroatoms. The molecule has 0 spiro atoms. The van der Waals surface area contributed by atoms with Crippen molar-refractivity contribution in [3.8, 4) is 10.8 Å².